The molecule has 0 radical (unpaired) electrons. The highest BCUT2D eigenvalue weighted by molar-refractivity contribution is 5.74. The molecule has 0 spiro atoms. The lowest BCUT2D eigenvalue weighted by atomic mass is 9.99. The topological polar surface area (TPSA) is 69.2 Å². The van der Waals surface area contributed by atoms with Gasteiger partial charge in [0.05, 0.1) is 16.9 Å². The average Bonchev–Trinajstić information content (AvgIpc) is 3.33. The van der Waals surface area contributed by atoms with Crippen molar-refractivity contribution in [3.8, 4) is 11.3 Å². The predicted molar refractivity (Wildman–Crippen MR) is 118 cm³/mol. The minimum absolute atomic E-state index is 0.113. The van der Waals surface area contributed by atoms with Crippen LogP contribution in [0.2, 0.25) is 0 Å². The van der Waals surface area contributed by atoms with Crippen LogP contribution < -0.4 is 0 Å². The second-order valence-corrected chi connectivity index (χ2v) is 9.29. The zero-order chi connectivity index (χ0) is 26.4. The molecule has 11 heteroatoms. The number of carbonyl (C=O) groups excluding carboxylic acids is 1. The molecule has 0 saturated heterocycles. The van der Waals surface area contributed by atoms with Gasteiger partial charge in [-0.15, -0.1) is 0 Å². The number of hydrogen-bond acceptors (Lipinski definition) is 3. The number of nitrogens with one attached hydrogen (secondary N) is 1. The Morgan fingerprint density at radius 3 is 2.47 bits per heavy atom. The molecule has 0 unspecified atom stereocenters. The Hall–Kier alpha value is -3.34. The molecule has 1 aliphatic heterocycles. The van der Waals surface area contributed by atoms with E-state index >= 15 is 0 Å². The van der Waals surface area contributed by atoms with Crippen LogP contribution in [0.25, 0.3) is 11.3 Å². The van der Waals surface area contributed by atoms with Gasteiger partial charge >= 0.3 is 6.18 Å². The molecule has 5 rings (SSSR count). The highest BCUT2D eigenvalue weighted by Crippen LogP contribution is 2.36. The lowest BCUT2D eigenvalue weighted by Crippen LogP contribution is -2.34. The summed E-state index contributed by atoms with van der Waals surface area (Å²) >= 11 is 0. The van der Waals surface area contributed by atoms with Gasteiger partial charge < -0.3 is 10.0 Å². The fraction of sp³-hybridized carbons (Fsp3) is 0.360. The number of H-pyrrole nitrogens is 1. The smallest absolute Gasteiger partial charge is 0.389 e. The Morgan fingerprint density at radius 1 is 1.08 bits per heavy atom. The predicted octanol–water partition coefficient (Wildman–Crippen LogP) is 4.95. The molecule has 2 heterocycles. The highest BCUT2D eigenvalue weighted by Gasteiger charge is 2.35. The molecule has 0 saturated carbocycles. The first-order valence-electron chi connectivity index (χ1n) is 11.1. The first kappa shape index (κ1) is 25.7. The summed E-state index contributed by atoms with van der Waals surface area (Å²) in [7, 11) is 0. The number of nitrogens with zero attached hydrogens (tertiary/aromatic N) is 2. The molecular formula is C25H23F6N3O2. The zero-order valence-corrected chi connectivity index (χ0v) is 19.4. The van der Waals surface area contributed by atoms with Crippen LogP contribution in [0.1, 0.15) is 41.8 Å². The van der Waals surface area contributed by atoms with Gasteiger partial charge in [-0.25, -0.2) is 13.2 Å². The van der Waals surface area contributed by atoms with E-state index in [1.807, 2.05) is 0 Å². The van der Waals surface area contributed by atoms with E-state index in [2.05, 4.69) is 10.2 Å². The third kappa shape index (κ3) is 5.25. The maximum absolute atomic E-state index is 13.4. The molecule has 1 atom stereocenters. The van der Waals surface area contributed by atoms with E-state index in [1.165, 1.54) is 19.1 Å². The second-order valence-electron chi connectivity index (χ2n) is 9.29. The van der Waals surface area contributed by atoms with E-state index in [0.29, 0.717) is 41.8 Å². The number of alkyl halides is 3. The summed E-state index contributed by atoms with van der Waals surface area (Å²) in [4.78, 5) is 13.1. The van der Waals surface area contributed by atoms with Crippen molar-refractivity contribution in [1.82, 2.24) is 15.1 Å². The van der Waals surface area contributed by atoms with E-state index < -0.39 is 34.8 Å². The van der Waals surface area contributed by atoms with E-state index in [0.717, 1.165) is 23.9 Å². The number of aromatic nitrogens is 2. The van der Waals surface area contributed by atoms with Crippen LogP contribution in [0.4, 0.5) is 26.3 Å². The van der Waals surface area contributed by atoms with Crippen LogP contribution in [0.15, 0.2) is 30.3 Å². The highest BCUT2D eigenvalue weighted by atomic mass is 19.4. The molecule has 36 heavy (non-hydrogen) atoms. The molecule has 0 fully saturated rings. The van der Waals surface area contributed by atoms with E-state index in [9.17, 15) is 36.2 Å². The fourth-order valence-corrected chi connectivity index (χ4v) is 4.56. The Balaban J connectivity index is 0.000000197. The van der Waals surface area contributed by atoms with Crippen molar-refractivity contribution in [1.29, 1.82) is 0 Å². The van der Waals surface area contributed by atoms with Crippen LogP contribution in [0.5, 0.6) is 0 Å². The summed E-state index contributed by atoms with van der Waals surface area (Å²) < 4.78 is 77.9. The molecule has 3 aromatic rings. The van der Waals surface area contributed by atoms with E-state index in [-0.39, 0.29) is 24.4 Å². The molecule has 2 aliphatic rings. The number of amides is 1. The molecule has 5 nitrogen and oxygen atoms in total. The van der Waals surface area contributed by atoms with Crippen molar-refractivity contribution in [2.24, 2.45) is 0 Å². The second kappa shape index (κ2) is 9.27. The lowest BCUT2D eigenvalue weighted by Gasteiger charge is -2.26. The van der Waals surface area contributed by atoms with E-state index in [4.69, 9.17) is 0 Å². The monoisotopic (exact) mass is 511 g/mol. The van der Waals surface area contributed by atoms with Gasteiger partial charge in [-0.05, 0) is 42.3 Å². The standard InChI is InChI=1S/C15H13F4N3O.C10H10F2O/c1-8(23)22-5-4-13-10(7-22)14(21-20-13)9-2-3-12(16)11(6-9)15(17,18)19;1-10(13)4-6-2-7(11)3-9(12)8(6)5-10/h2-3,6H,4-5,7H2,1H3,(H,20,21);2-3,13H,4-5H2,1H3/t;10-/m.1/s1. The van der Waals surface area contributed by atoms with Crippen LogP contribution in [0.3, 0.4) is 0 Å². The molecule has 0 bridgehead atoms. The largest absolute Gasteiger partial charge is 0.419 e. The SMILES string of the molecule is CC(=O)N1CCc2[nH]nc(-c3ccc(F)c(C(F)(F)F)c3)c2C1.C[C@@]1(O)Cc2cc(F)cc(F)c2C1. The van der Waals surface area contributed by atoms with Crippen LogP contribution in [0, 0.1) is 17.5 Å². The van der Waals surface area contributed by atoms with Gasteiger partial charge in [0.1, 0.15) is 17.5 Å². The van der Waals surface area contributed by atoms with Crippen LogP contribution >= 0.6 is 0 Å². The lowest BCUT2D eigenvalue weighted by molar-refractivity contribution is -0.140. The number of hydrogen-bond donors (Lipinski definition) is 2. The molecule has 192 valence electrons. The van der Waals surface area contributed by atoms with E-state index in [1.54, 1.807) is 11.8 Å². The normalized spacial score (nSPS) is 18.9. The van der Waals surface area contributed by atoms with Crippen molar-refractivity contribution in [2.75, 3.05) is 6.54 Å². The molecule has 1 aromatic heterocycles. The number of halogens is 6. The third-order valence-corrected chi connectivity index (χ3v) is 6.31. The van der Waals surface area contributed by atoms with Crippen molar-refractivity contribution in [3.63, 3.8) is 0 Å². The maximum atomic E-state index is 13.4. The van der Waals surface area contributed by atoms with Gasteiger partial charge in [0.15, 0.2) is 0 Å². The van der Waals surface area contributed by atoms with Crippen molar-refractivity contribution >= 4 is 5.91 Å². The number of aliphatic hydroxyl groups is 1. The Labute approximate surface area is 202 Å². The van der Waals surface area contributed by atoms with Gasteiger partial charge in [-0.1, -0.05) is 0 Å². The molecular weight excluding hydrogens is 488 g/mol. The summed E-state index contributed by atoms with van der Waals surface area (Å²) in [5.41, 5.74) is 0.733. The van der Waals surface area contributed by atoms with Gasteiger partial charge in [-0.3, -0.25) is 9.89 Å². The molecule has 2 aromatic carbocycles. The zero-order valence-electron chi connectivity index (χ0n) is 19.4. The summed E-state index contributed by atoms with van der Waals surface area (Å²) in [5, 5.41) is 16.5. The molecule has 1 aliphatic carbocycles. The fourth-order valence-electron chi connectivity index (χ4n) is 4.56. The Morgan fingerprint density at radius 2 is 1.81 bits per heavy atom. The number of rotatable bonds is 1. The van der Waals surface area contributed by atoms with Crippen molar-refractivity contribution < 1.29 is 36.2 Å². The van der Waals surface area contributed by atoms with Crippen LogP contribution in [-0.2, 0) is 36.8 Å². The van der Waals surface area contributed by atoms with Crippen molar-refractivity contribution in [3.05, 3.63) is 75.7 Å². The van der Waals surface area contributed by atoms with Gasteiger partial charge in [0, 0.05) is 62.2 Å². The van der Waals surface area contributed by atoms with Gasteiger partial charge in [-0.2, -0.15) is 18.3 Å². The molecule has 1 amide bonds. The number of benzene rings is 2. The summed E-state index contributed by atoms with van der Waals surface area (Å²) in [6, 6.07) is 4.94. The molecule has 2 N–H and O–H groups in total. The first-order chi connectivity index (χ1) is 16.7. The first-order valence-corrected chi connectivity index (χ1v) is 11.1. The van der Waals surface area contributed by atoms with Crippen molar-refractivity contribution in [2.45, 2.75) is 51.4 Å². The van der Waals surface area contributed by atoms with Crippen LogP contribution in [-0.4, -0.2) is 38.3 Å². The maximum Gasteiger partial charge on any atom is 0.419 e. The summed E-state index contributed by atoms with van der Waals surface area (Å²) in [5.74, 6) is -2.56. The Bertz CT molecular complexity index is 1320. The number of carbonyl (C=O) groups is 1. The number of fused-ring (bicyclic) bond motifs is 2. The van der Waals surface area contributed by atoms with Gasteiger partial charge in [0.2, 0.25) is 5.91 Å². The van der Waals surface area contributed by atoms with Gasteiger partial charge in [0.25, 0.3) is 0 Å². The quantitative estimate of drug-likeness (QED) is 0.454. The number of aromatic amines is 1. The summed E-state index contributed by atoms with van der Waals surface area (Å²) in [6.45, 7) is 3.87. The Kier molecular flexibility index (Phi) is 6.63. The average molecular weight is 511 g/mol. The third-order valence-electron chi connectivity index (χ3n) is 6.31. The minimum Gasteiger partial charge on any atom is -0.389 e. The summed E-state index contributed by atoms with van der Waals surface area (Å²) in [6.07, 6.45) is -3.62. The minimum atomic E-state index is -4.78.